The fraction of sp³-hybridized carbons (Fsp3) is 0.269. The molecule has 178 valence electrons. The number of hydrogen-bond acceptors (Lipinski definition) is 5. The van der Waals surface area contributed by atoms with E-state index in [4.69, 9.17) is 0 Å². The maximum absolute atomic E-state index is 13.1. The largest absolute Gasteiger partial charge is 0.392 e. The van der Waals surface area contributed by atoms with Crippen molar-refractivity contribution < 1.29 is 18.3 Å². The first kappa shape index (κ1) is 23.9. The number of aliphatic hydroxyl groups is 1. The molecule has 0 aromatic heterocycles. The van der Waals surface area contributed by atoms with Crippen LogP contribution in [0.2, 0.25) is 0 Å². The van der Waals surface area contributed by atoms with E-state index in [0.717, 1.165) is 29.8 Å². The molecule has 1 heterocycles. The van der Waals surface area contributed by atoms with Crippen LogP contribution in [0.4, 0.5) is 10.5 Å². The minimum absolute atomic E-state index is 0.109. The summed E-state index contributed by atoms with van der Waals surface area (Å²) in [6.07, 6.45) is 0. The Hall–Kier alpha value is -3.20. The van der Waals surface area contributed by atoms with Crippen molar-refractivity contribution in [1.29, 1.82) is 0 Å². The highest BCUT2D eigenvalue weighted by molar-refractivity contribution is 7.90. The third kappa shape index (κ3) is 5.47. The highest BCUT2D eigenvalue weighted by Gasteiger charge is 2.21. The van der Waals surface area contributed by atoms with Gasteiger partial charge in [0.15, 0.2) is 9.84 Å². The molecule has 3 aromatic carbocycles. The van der Waals surface area contributed by atoms with Gasteiger partial charge in [0, 0.05) is 24.3 Å². The SMILES string of the molecule is CC(NC(=O)Nc1ccc(S(=O)(=O)Cc2ccc3c(c2)CN(C)C3)cc1CO)c1ccccc1. The summed E-state index contributed by atoms with van der Waals surface area (Å²) >= 11 is 0. The molecular formula is C26H29N3O4S. The maximum Gasteiger partial charge on any atom is 0.319 e. The van der Waals surface area contributed by atoms with Crippen molar-refractivity contribution in [2.24, 2.45) is 0 Å². The fourth-order valence-electron chi connectivity index (χ4n) is 4.21. The Balaban J connectivity index is 1.47. The number of carbonyl (C=O) groups is 1. The molecule has 1 aliphatic heterocycles. The van der Waals surface area contributed by atoms with E-state index in [-0.39, 0.29) is 16.7 Å². The molecule has 1 atom stereocenters. The first-order chi connectivity index (χ1) is 16.2. The molecule has 1 unspecified atom stereocenters. The summed E-state index contributed by atoms with van der Waals surface area (Å²) in [5.41, 5.74) is 4.76. The Morgan fingerprint density at radius 2 is 1.76 bits per heavy atom. The van der Waals surface area contributed by atoms with Gasteiger partial charge in [0.2, 0.25) is 0 Å². The van der Waals surface area contributed by atoms with E-state index in [1.165, 1.54) is 23.8 Å². The molecule has 0 radical (unpaired) electrons. The molecule has 3 N–H and O–H groups in total. The monoisotopic (exact) mass is 479 g/mol. The standard InChI is InChI=1S/C26H29N3O4S/c1-18(20-6-4-3-5-7-20)27-26(31)28-25-11-10-24(13-23(25)16-30)34(32,33)17-19-8-9-21-14-29(2)15-22(21)12-19/h3-13,18,30H,14-17H2,1-2H3,(H2,27,28,31). The molecule has 0 saturated heterocycles. The van der Waals surface area contributed by atoms with Gasteiger partial charge in [0.1, 0.15) is 0 Å². The fourth-order valence-corrected chi connectivity index (χ4v) is 5.59. The van der Waals surface area contributed by atoms with Crippen LogP contribution < -0.4 is 10.6 Å². The van der Waals surface area contributed by atoms with Gasteiger partial charge in [-0.3, -0.25) is 4.90 Å². The second kappa shape index (κ2) is 9.97. The van der Waals surface area contributed by atoms with Gasteiger partial charge >= 0.3 is 6.03 Å². The first-order valence-corrected chi connectivity index (χ1v) is 12.8. The Bertz CT molecular complexity index is 1290. The molecule has 1 aliphatic rings. The van der Waals surface area contributed by atoms with Crippen LogP contribution in [0.3, 0.4) is 0 Å². The van der Waals surface area contributed by atoms with E-state index in [1.54, 1.807) is 0 Å². The van der Waals surface area contributed by atoms with Gasteiger partial charge < -0.3 is 15.7 Å². The topological polar surface area (TPSA) is 98.7 Å². The number of benzene rings is 3. The van der Waals surface area contributed by atoms with Gasteiger partial charge in [-0.2, -0.15) is 0 Å². The Kier molecular flexibility index (Phi) is 7.02. The van der Waals surface area contributed by atoms with Crippen molar-refractivity contribution >= 4 is 21.6 Å². The normalized spacial score (nSPS) is 14.4. The minimum atomic E-state index is -3.63. The second-order valence-corrected chi connectivity index (χ2v) is 10.7. The average Bonchev–Trinajstić information content (AvgIpc) is 3.18. The highest BCUT2D eigenvalue weighted by atomic mass is 32.2. The summed E-state index contributed by atoms with van der Waals surface area (Å²) in [5.74, 6) is -0.128. The van der Waals surface area contributed by atoms with Crippen molar-refractivity contribution in [2.75, 3.05) is 12.4 Å². The third-order valence-electron chi connectivity index (χ3n) is 6.01. The lowest BCUT2D eigenvalue weighted by Crippen LogP contribution is -2.31. The number of urea groups is 1. The summed E-state index contributed by atoms with van der Waals surface area (Å²) in [6, 6.07) is 19.1. The number of aliphatic hydroxyl groups excluding tert-OH is 1. The summed E-state index contributed by atoms with van der Waals surface area (Å²) in [5, 5.41) is 15.4. The van der Waals surface area contributed by atoms with Gasteiger partial charge in [-0.1, -0.05) is 48.5 Å². The maximum atomic E-state index is 13.1. The number of anilines is 1. The lowest BCUT2D eigenvalue weighted by atomic mass is 10.1. The van der Waals surface area contributed by atoms with E-state index in [1.807, 2.05) is 62.5 Å². The Morgan fingerprint density at radius 3 is 2.50 bits per heavy atom. The highest BCUT2D eigenvalue weighted by Crippen LogP contribution is 2.27. The number of carbonyl (C=O) groups excluding carboxylic acids is 1. The summed E-state index contributed by atoms with van der Waals surface area (Å²) in [6.45, 7) is 3.14. The predicted molar refractivity (Wildman–Crippen MR) is 132 cm³/mol. The zero-order valence-corrected chi connectivity index (χ0v) is 20.1. The van der Waals surface area contributed by atoms with Crippen molar-refractivity contribution in [2.45, 2.75) is 43.3 Å². The van der Waals surface area contributed by atoms with E-state index in [9.17, 15) is 18.3 Å². The number of fused-ring (bicyclic) bond motifs is 1. The van der Waals surface area contributed by atoms with Crippen LogP contribution in [0.25, 0.3) is 0 Å². The van der Waals surface area contributed by atoms with Crippen LogP contribution in [0.5, 0.6) is 0 Å². The van der Waals surface area contributed by atoms with Crippen LogP contribution in [-0.2, 0) is 35.3 Å². The van der Waals surface area contributed by atoms with E-state index >= 15 is 0 Å². The molecular weight excluding hydrogens is 450 g/mol. The molecule has 0 spiro atoms. The van der Waals surface area contributed by atoms with Crippen molar-refractivity contribution in [1.82, 2.24) is 10.2 Å². The zero-order valence-electron chi connectivity index (χ0n) is 19.3. The zero-order chi connectivity index (χ0) is 24.3. The predicted octanol–water partition coefficient (Wildman–Crippen LogP) is 3.98. The van der Waals surface area contributed by atoms with Crippen molar-refractivity contribution in [3.63, 3.8) is 0 Å². The van der Waals surface area contributed by atoms with Crippen LogP contribution in [0.1, 0.15) is 40.8 Å². The lowest BCUT2D eigenvalue weighted by Gasteiger charge is -2.17. The molecule has 7 nitrogen and oxygen atoms in total. The van der Waals surface area contributed by atoms with E-state index in [2.05, 4.69) is 15.5 Å². The van der Waals surface area contributed by atoms with Gasteiger partial charge in [0.05, 0.1) is 23.3 Å². The summed E-state index contributed by atoms with van der Waals surface area (Å²) < 4.78 is 26.2. The van der Waals surface area contributed by atoms with E-state index < -0.39 is 22.5 Å². The Morgan fingerprint density at radius 1 is 1.03 bits per heavy atom. The second-order valence-electron chi connectivity index (χ2n) is 8.74. The molecule has 3 aromatic rings. The molecule has 0 bridgehead atoms. The summed E-state index contributed by atoms with van der Waals surface area (Å²) in [4.78, 5) is 14.8. The molecule has 2 amide bonds. The third-order valence-corrected chi connectivity index (χ3v) is 7.69. The molecule has 4 rings (SSSR count). The number of hydrogen-bond donors (Lipinski definition) is 3. The van der Waals surface area contributed by atoms with Crippen LogP contribution in [0.15, 0.2) is 71.6 Å². The van der Waals surface area contributed by atoms with Gasteiger partial charge in [-0.05, 0) is 54.4 Å². The van der Waals surface area contributed by atoms with Gasteiger partial charge in [-0.15, -0.1) is 0 Å². The number of rotatable bonds is 7. The molecule has 34 heavy (non-hydrogen) atoms. The van der Waals surface area contributed by atoms with Gasteiger partial charge in [-0.25, -0.2) is 13.2 Å². The van der Waals surface area contributed by atoms with Crippen LogP contribution in [0, 0.1) is 0 Å². The quantitative estimate of drug-likeness (QED) is 0.476. The minimum Gasteiger partial charge on any atom is -0.392 e. The molecule has 0 fully saturated rings. The van der Waals surface area contributed by atoms with Crippen molar-refractivity contribution in [3.8, 4) is 0 Å². The number of nitrogens with zero attached hydrogens (tertiary/aromatic N) is 1. The van der Waals surface area contributed by atoms with E-state index in [0.29, 0.717) is 11.3 Å². The average molecular weight is 480 g/mol. The summed E-state index contributed by atoms with van der Waals surface area (Å²) in [7, 11) is -1.60. The number of nitrogens with one attached hydrogen (secondary N) is 2. The molecule has 8 heteroatoms. The number of amides is 2. The van der Waals surface area contributed by atoms with Crippen molar-refractivity contribution in [3.05, 3.63) is 94.5 Å². The van der Waals surface area contributed by atoms with Gasteiger partial charge in [0.25, 0.3) is 0 Å². The van der Waals surface area contributed by atoms with Crippen LogP contribution in [-0.4, -0.2) is 31.5 Å². The number of sulfone groups is 1. The molecule has 0 saturated carbocycles. The Labute approximate surface area is 200 Å². The molecule has 0 aliphatic carbocycles. The first-order valence-electron chi connectivity index (χ1n) is 11.1. The smallest absolute Gasteiger partial charge is 0.319 e. The lowest BCUT2D eigenvalue weighted by molar-refractivity contribution is 0.249. The van der Waals surface area contributed by atoms with Crippen LogP contribution >= 0.6 is 0 Å².